The fourth-order valence-electron chi connectivity index (χ4n) is 1.54. The molecule has 1 aromatic carbocycles. The molecule has 1 rings (SSSR count). The third-order valence-corrected chi connectivity index (χ3v) is 2.67. The molecule has 0 N–H and O–H groups in total. The minimum atomic E-state index is -0.724. The van der Waals surface area contributed by atoms with E-state index in [1.165, 1.54) is 13.2 Å². The third kappa shape index (κ3) is 5.67. The van der Waals surface area contributed by atoms with Gasteiger partial charge in [-0.15, -0.1) is 0 Å². The summed E-state index contributed by atoms with van der Waals surface area (Å²) in [4.78, 5) is 22.7. The minimum Gasteiger partial charge on any atom is -0.489 e. The normalized spacial score (nSPS) is 10.4. The lowest BCUT2D eigenvalue weighted by Gasteiger charge is -2.10. The zero-order chi connectivity index (χ0) is 17.2. The van der Waals surface area contributed by atoms with Gasteiger partial charge in [-0.05, 0) is 19.1 Å². The summed E-state index contributed by atoms with van der Waals surface area (Å²) in [6, 6.07) is 8.63. The number of carbonyl (C=O) groups excluding carboxylic acids is 2. The molecule has 0 aliphatic carbocycles. The number of hydrogen-bond acceptors (Lipinski definition) is 6. The van der Waals surface area contributed by atoms with Crippen molar-refractivity contribution < 1.29 is 23.8 Å². The van der Waals surface area contributed by atoms with Crippen LogP contribution in [0.15, 0.2) is 42.0 Å². The number of para-hydroxylation sites is 1. The number of ether oxygens (including phenoxy) is 3. The Bertz CT molecular complexity index is 670. The van der Waals surface area contributed by atoms with Crippen molar-refractivity contribution in [3.63, 3.8) is 0 Å². The van der Waals surface area contributed by atoms with Crippen LogP contribution in [-0.2, 0) is 19.1 Å². The molecular formula is C17H17NO5. The lowest BCUT2D eigenvalue weighted by molar-refractivity contribution is -0.139. The predicted octanol–water partition coefficient (Wildman–Crippen LogP) is 2.26. The molecule has 0 saturated heterocycles. The SMILES string of the molecule is C=C(C)C(=O)OCCOc1ccccc1/C=C(\C#N)C(=O)OC. The molecule has 120 valence electrons. The maximum Gasteiger partial charge on any atom is 0.348 e. The Morgan fingerprint density at radius 1 is 1.26 bits per heavy atom. The van der Waals surface area contributed by atoms with Gasteiger partial charge in [-0.1, -0.05) is 24.8 Å². The third-order valence-electron chi connectivity index (χ3n) is 2.67. The van der Waals surface area contributed by atoms with Crippen LogP contribution in [0.4, 0.5) is 0 Å². The number of esters is 2. The number of carbonyl (C=O) groups is 2. The molecular weight excluding hydrogens is 298 g/mol. The molecule has 0 radical (unpaired) electrons. The zero-order valence-electron chi connectivity index (χ0n) is 13.0. The molecule has 23 heavy (non-hydrogen) atoms. The highest BCUT2D eigenvalue weighted by molar-refractivity contribution is 5.98. The van der Waals surface area contributed by atoms with E-state index in [1.54, 1.807) is 37.3 Å². The van der Waals surface area contributed by atoms with Gasteiger partial charge in [0.2, 0.25) is 0 Å². The zero-order valence-corrected chi connectivity index (χ0v) is 13.0. The van der Waals surface area contributed by atoms with Gasteiger partial charge in [0.05, 0.1) is 7.11 Å². The largest absolute Gasteiger partial charge is 0.489 e. The van der Waals surface area contributed by atoms with Crippen molar-refractivity contribution in [1.82, 2.24) is 0 Å². The Balaban J connectivity index is 2.77. The van der Waals surface area contributed by atoms with E-state index in [4.69, 9.17) is 14.7 Å². The van der Waals surface area contributed by atoms with E-state index in [9.17, 15) is 9.59 Å². The smallest absolute Gasteiger partial charge is 0.348 e. The molecule has 0 aromatic heterocycles. The summed E-state index contributed by atoms with van der Waals surface area (Å²) in [5, 5.41) is 8.98. The summed E-state index contributed by atoms with van der Waals surface area (Å²) in [5.74, 6) is -0.757. The highest BCUT2D eigenvalue weighted by Gasteiger charge is 2.10. The lowest BCUT2D eigenvalue weighted by Crippen LogP contribution is -2.12. The molecule has 0 unspecified atom stereocenters. The van der Waals surface area contributed by atoms with Gasteiger partial charge in [-0.2, -0.15) is 5.26 Å². The van der Waals surface area contributed by atoms with Crippen molar-refractivity contribution >= 4 is 18.0 Å². The van der Waals surface area contributed by atoms with Crippen molar-refractivity contribution in [2.24, 2.45) is 0 Å². The molecule has 0 amide bonds. The highest BCUT2D eigenvalue weighted by atomic mass is 16.6. The molecule has 1 aromatic rings. The first kappa shape index (κ1) is 18.0. The van der Waals surface area contributed by atoms with Gasteiger partial charge in [0.15, 0.2) is 0 Å². The standard InChI is InChI=1S/C17H17NO5/c1-12(2)16(19)23-9-8-22-15-7-5-4-6-13(15)10-14(11-18)17(20)21-3/h4-7,10H,1,8-9H2,2-3H3/b14-10+. The van der Waals surface area contributed by atoms with Gasteiger partial charge in [-0.3, -0.25) is 0 Å². The summed E-state index contributed by atoms with van der Waals surface area (Å²) < 4.78 is 15.0. The first-order chi connectivity index (χ1) is 11.0. The number of methoxy groups -OCH3 is 1. The van der Waals surface area contributed by atoms with Gasteiger partial charge in [0, 0.05) is 11.1 Å². The maximum atomic E-state index is 11.4. The van der Waals surface area contributed by atoms with Crippen LogP contribution in [0.3, 0.4) is 0 Å². The quantitative estimate of drug-likeness (QED) is 0.332. The van der Waals surface area contributed by atoms with E-state index in [1.807, 2.05) is 0 Å². The molecule has 0 spiro atoms. The van der Waals surface area contributed by atoms with Gasteiger partial charge in [-0.25, -0.2) is 9.59 Å². The van der Waals surface area contributed by atoms with Crippen molar-refractivity contribution in [1.29, 1.82) is 5.26 Å². The van der Waals surface area contributed by atoms with Crippen LogP contribution < -0.4 is 4.74 Å². The maximum absolute atomic E-state index is 11.4. The Labute approximate surface area is 134 Å². The molecule has 0 saturated carbocycles. The topological polar surface area (TPSA) is 85.6 Å². The first-order valence-electron chi connectivity index (χ1n) is 6.74. The van der Waals surface area contributed by atoms with E-state index in [-0.39, 0.29) is 18.8 Å². The van der Waals surface area contributed by atoms with Crippen molar-refractivity contribution in [2.45, 2.75) is 6.92 Å². The second-order valence-electron chi connectivity index (χ2n) is 4.46. The monoisotopic (exact) mass is 315 g/mol. The Morgan fingerprint density at radius 3 is 2.57 bits per heavy atom. The number of nitriles is 1. The number of nitrogens with zero attached hydrogens (tertiary/aromatic N) is 1. The number of hydrogen-bond donors (Lipinski definition) is 0. The molecule has 0 bridgehead atoms. The van der Waals surface area contributed by atoms with Crippen molar-refractivity contribution in [2.75, 3.05) is 20.3 Å². The molecule has 6 heteroatoms. The van der Waals surface area contributed by atoms with E-state index in [2.05, 4.69) is 11.3 Å². The summed E-state index contributed by atoms with van der Waals surface area (Å²) in [5.41, 5.74) is 0.711. The van der Waals surface area contributed by atoms with E-state index >= 15 is 0 Å². The Morgan fingerprint density at radius 2 is 1.96 bits per heavy atom. The van der Waals surface area contributed by atoms with Gasteiger partial charge in [0.1, 0.15) is 30.6 Å². The van der Waals surface area contributed by atoms with E-state index in [0.29, 0.717) is 16.9 Å². The predicted molar refractivity (Wildman–Crippen MR) is 83.3 cm³/mol. The molecule has 0 aliphatic rings. The highest BCUT2D eigenvalue weighted by Crippen LogP contribution is 2.21. The van der Waals surface area contributed by atoms with Gasteiger partial charge < -0.3 is 14.2 Å². The first-order valence-corrected chi connectivity index (χ1v) is 6.74. The van der Waals surface area contributed by atoms with Crippen molar-refractivity contribution in [3.8, 4) is 11.8 Å². The fraction of sp³-hybridized carbons (Fsp3) is 0.235. The summed E-state index contributed by atoms with van der Waals surface area (Å²) in [6.45, 7) is 5.22. The fourth-order valence-corrected chi connectivity index (χ4v) is 1.54. The van der Waals surface area contributed by atoms with Crippen LogP contribution in [-0.4, -0.2) is 32.3 Å². The minimum absolute atomic E-state index is 0.0614. The molecule has 0 fully saturated rings. The average Bonchev–Trinajstić information content (AvgIpc) is 2.56. The van der Waals surface area contributed by atoms with E-state index < -0.39 is 11.9 Å². The van der Waals surface area contributed by atoms with Gasteiger partial charge >= 0.3 is 11.9 Å². The second-order valence-corrected chi connectivity index (χ2v) is 4.46. The molecule has 0 heterocycles. The molecule has 0 atom stereocenters. The van der Waals surface area contributed by atoms with Crippen LogP contribution in [0, 0.1) is 11.3 Å². The van der Waals surface area contributed by atoms with Crippen LogP contribution in [0.1, 0.15) is 12.5 Å². The van der Waals surface area contributed by atoms with Crippen LogP contribution in [0.2, 0.25) is 0 Å². The van der Waals surface area contributed by atoms with Gasteiger partial charge in [0.25, 0.3) is 0 Å². The number of benzene rings is 1. The lowest BCUT2D eigenvalue weighted by atomic mass is 10.1. The summed E-state index contributed by atoms with van der Waals surface area (Å²) >= 11 is 0. The molecule has 6 nitrogen and oxygen atoms in total. The van der Waals surface area contributed by atoms with Crippen molar-refractivity contribution in [3.05, 3.63) is 47.6 Å². The van der Waals surface area contributed by atoms with Crippen LogP contribution >= 0.6 is 0 Å². The average molecular weight is 315 g/mol. The summed E-state index contributed by atoms with van der Waals surface area (Å²) in [6.07, 6.45) is 1.38. The Hall–Kier alpha value is -3.07. The second kappa shape index (κ2) is 9.05. The summed E-state index contributed by atoms with van der Waals surface area (Å²) in [7, 11) is 1.20. The molecule has 0 aliphatic heterocycles. The van der Waals surface area contributed by atoms with Crippen LogP contribution in [0.5, 0.6) is 5.75 Å². The Kier molecular flexibility index (Phi) is 7.08. The van der Waals surface area contributed by atoms with E-state index in [0.717, 1.165) is 0 Å². The van der Waals surface area contributed by atoms with Crippen LogP contribution in [0.25, 0.3) is 6.08 Å². The number of rotatable bonds is 7.